The maximum atomic E-state index is 11.5. The second-order valence-electron chi connectivity index (χ2n) is 4.35. The Morgan fingerprint density at radius 3 is 2.35 bits per heavy atom. The Morgan fingerprint density at radius 2 is 1.80 bits per heavy atom. The van der Waals surface area contributed by atoms with Crippen molar-refractivity contribution >= 4 is 17.8 Å². The molecule has 5 nitrogen and oxygen atoms in total. The summed E-state index contributed by atoms with van der Waals surface area (Å²) in [5.74, 6) is 1.40. The topological polar surface area (TPSA) is 63.7 Å². The minimum Gasteiger partial charge on any atom is -0.449 e. The fourth-order valence-electron chi connectivity index (χ4n) is 1.92. The summed E-state index contributed by atoms with van der Waals surface area (Å²) in [6, 6.07) is 6.54. The van der Waals surface area contributed by atoms with Gasteiger partial charge in [-0.25, -0.2) is 4.79 Å². The number of imide groups is 1. The minimum absolute atomic E-state index is 0.0721. The SMILES string of the molecule is C#CCOC(=O)c1ccc(CN2C(=O)CCC2=O)cc1. The van der Waals surface area contributed by atoms with E-state index in [1.165, 1.54) is 4.90 Å². The van der Waals surface area contributed by atoms with E-state index in [0.29, 0.717) is 5.56 Å². The maximum Gasteiger partial charge on any atom is 0.339 e. The number of nitrogens with zero attached hydrogens (tertiary/aromatic N) is 1. The molecule has 1 aliphatic rings. The summed E-state index contributed by atoms with van der Waals surface area (Å²) >= 11 is 0. The largest absolute Gasteiger partial charge is 0.449 e. The van der Waals surface area contributed by atoms with Crippen molar-refractivity contribution in [3.63, 3.8) is 0 Å². The zero-order chi connectivity index (χ0) is 14.5. The number of likely N-dealkylation sites (tertiary alicyclic amines) is 1. The Morgan fingerprint density at radius 1 is 1.20 bits per heavy atom. The molecule has 1 heterocycles. The van der Waals surface area contributed by atoms with Gasteiger partial charge in [-0.15, -0.1) is 6.42 Å². The first kappa shape index (κ1) is 13.8. The number of hydrogen-bond donors (Lipinski definition) is 0. The van der Waals surface area contributed by atoms with Crippen LogP contribution in [0.3, 0.4) is 0 Å². The van der Waals surface area contributed by atoms with Crippen LogP contribution in [0.25, 0.3) is 0 Å². The van der Waals surface area contributed by atoms with Gasteiger partial charge in [0.2, 0.25) is 11.8 Å². The molecule has 0 saturated carbocycles. The van der Waals surface area contributed by atoms with Crippen molar-refractivity contribution in [2.75, 3.05) is 6.61 Å². The molecule has 0 radical (unpaired) electrons. The van der Waals surface area contributed by atoms with Crippen LogP contribution in [0.4, 0.5) is 0 Å². The molecule has 0 unspecified atom stereocenters. The first-order valence-corrected chi connectivity index (χ1v) is 6.14. The van der Waals surface area contributed by atoms with Crippen LogP contribution >= 0.6 is 0 Å². The van der Waals surface area contributed by atoms with Crippen LogP contribution < -0.4 is 0 Å². The van der Waals surface area contributed by atoms with E-state index in [0.717, 1.165) is 5.56 Å². The lowest BCUT2D eigenvalue weighted by Gasteiger charge is -2.13. The van der Waals surface area contributed by atoms with Crippen molar-refractivity contribution in [1.29, 1.82) is 0 Å². The predicted octanol–water partition coefficient (Wildman–Crippen LogP) is 1.13. The van der Waals surface area contributed by atoms with E-state index in [1.54, 1.807) is 24.3 Å². The Kier molecular flexibility index (Phi) is 4.16. The normalized spacial score (nSPS) is 14.2. The highest BCUT2D eigenvalue weighted by molar-refractivity contribution is 6.01. The number of benzene rings is 1. The molecular formula is C15H13NO4. The maximum absolute atomic E-state index is 11.5. The van der Waals surface area contributed by atoms with Gasteiger partial charge in [0.05, 0.1) is 12.1 Å². The van der Waals surface area contributed by atoms with Gasteiger partial charge in [-0.1, -0.05) is 18.1 Å². The third-order valence-corrected chi connectivity index (χ3v) is 2.97. The van der Waals surface area contributed by atoms with Gasteiger partial charge in [0.15, 0.2) is 6.61 Å². The number of terminal acetylenes is 1. The van der Waals surface area contributed by atoms with E-state index in [1.807, 2.05) is 0 Å². The molecule has 0 bridgehead atoms. The molecule has 102 valence electrons. The highest BCUT2D eigenvalue weighted by Crippen LogP contribution is 2.16. The Balaban J connectivity index is 2.02. The third kappa shape index (κ3) is 3.04. The van der Waals surface area contributed by atoms with Gasteiger partial charge in [-0.2, -0.15) is 0 Å². The van der Waals surface area contributed by atoms with Crippen LogP contribution in [0, 0.1) is 12.3 Å². The van der Waals surface area contributed by atoms with Crippen molar-refractivity contribution in [3.8, 4) is 12.3 Å². The summed E-state index contributed by atoms with van der Waals surface area (Å²) in [4.78, 5) is 35.7. The molecule has 0 N–H and O–H groups in total. The summed E-state index contributed by atoms with van der Waals surface area (Å²) in [7, 11) is 0. The van der Waals surface area contributed by atoms with Gasteiger partial charge in [-0.05, 0) is 17.7 Å². The van der Waals surface area contributed by atoms with E-state index >= 15 is 0 Å². The van der Waals surface area contributed by atoms with Gasteiger partial charge >= 0.3 is 5.97 Å². The van der Waals surface area contributed by atoms with E-state index in [9.17, 15) is 14.4 Å². The van der Waals surface area contributed by atoms with E-state index in [4.69, 9.17) is 11.2 Å². The van der Waals surface area contributed by atoms with Crippen molar-refractivity contribution in [3.05, 3.63) is 35.4 Å². The van der Waals surface area contributed by atoms with Gasteiger partial charge < -0.3 is 4.74 Å². The van der Waals surface area contributed by atoms with Crippen LogP contribution in [-0.2, 0) is 20.9 Å². The quantitative estimate of drug-likeness (QED) is 0.468. The van der Waals surface area contributed by atoms with Crippen LogP contribution in [0.5, 0.6) is 0 Å². The summed E-state index contributed by atoms with van der Waals surface area (Å²) in [5, 5.41) is 0. The van der Waals surface area contributed by atoms with Crippen LogP contribution in [0.2, 0.25) is 0 Å². The Labute approximate surface area is 116 Å². The number of amides is 2. The number of ether oxygens (including phenoxy) is 1. The average Bonchev–Trinajstić information content (AvgIpc) is 2.77. The smallest absolute Gasteiger partial charge is 0.339 e. The predicted molar refractivity (Wildman–Crippen MR) is 70.3 cm³/mol. The van der Waals surface area contributed by atoms with Crippen LogP contribution in [0.1, 0.15) is 28.8 Å². The van der Waals surface area contributed by atoms with Crippen LogP contribution in [0.15, 0.2) is 24.3 Å². The van der Waals surface area contributed by atoms with Gasteiger partial charge in [-0.3, -0.25) is 14.5 Å². The number of rotatable bonds is 4. The second-order valence-corrected chi connectivity index (χ2v) is 4.35. The zero-order valence-corrected chi connectivity index (χ0v) is 10.8. The zero-order valence-electron chi connectivity index (χ0n) is 10.8. The van der Waals surface area contributed by atoms with E-state index in [-0.39, 0.29) is 37.8 Å². The minimum atomic E-state index is -0.497. The molecule has 0 aliphatic carbocycles. The summed E-state index contributed by atoms with van der Waals surface area (Å²) in [6.07, 6.45) is 5.55. The number of esters is 1. The summed E-state index contributed by atoms with van der Waals surface area (Å²) in [5.41, 5.74) is 1.16. The highest BCUT2D eigenvalue weighted by Gasteiger charge is 2.28. The molecule has 2 rings (SSSR count). The van der Waals surface area contributed by atoms with Crippen LogP contribution in [-0.4, -0.2) is 29.3 Å². The molecule has 0 atom stereocenters. The number of carbonyl (C=O) groups is 3. The molecule has 1 aliphatic heterocycles. The molecule has 1 aromatic carbocycles. The molecule has 2 amide bonds. The lowest BCUT2D eigenvalue weighted by Crippen LogP contribution is -2.28. The van der Waals surface area contributed by atoms with E-state index in [2.05, 4.69) is 5.92 Å². The van der Waals surface area contributed by atoms with Crippen molar-refractivity contribution in [1.82, 2.24) is 4.90 Å². The van der Waals surface area contributed by atoms with Crippen molar-refractivity contribution in [2.24, 2.45) is 0 Å². The fraction of sp³-hybridized carbons (Fsp3) is 0.267. The van der Waals surface area contributed by atoms with Gasteiger partial charge in [0, 0.05) is 12.8 Å². The van der Waals surface area contributed by atoms with Gasteiger partial charge in [0.25, 0.3) is 0 Å². The average molecular weight is 271 g/mol. The second kappa shape index (κ2) is 6.02. The van der Waals surface area contributed by atoms with Gasteiger partial charge in [0.1, 0.15) is 0 Å². The molecular weight excluding hydrogens is 258 g/mol. The van der Waals surface area contributed by atoms with Crippen molar-refractivity contribution < 1.29 is 19.1 Å². The first-order chi connectivity index (χ1) is 9.61. The van der Waals surface area contributed by atoms with E-state index < -0.39 is 5.97 Å². The van der Waals surface area contributed by atoms with Crippen molar-refractivity contribution in [2.45, 2.75) is 19.4 Å². The molecule has 0 spiro atoms. The molecule has 5 heteroatoms. The Bertz CT molecular complexity index is 567. The summed E-state index contributed by atoms with van der Waals surface area (Å²) < 4.78 is 4.79. The molecule has 0 aromatic heterocycles. The number of hydrogen-bond acceptors (Lipinski definition) is 4. The lowest BCUT2D eigenvalue weighted by atomic mass is 10.1. The molecule has 1 aromatic rings. The third-order valence-electron chi connectivity index (χ3n) is 2.97. The standard InChI is InChI=1S/C15H13NO4/c1-2-9-20-15(19)12-5-3-11(4-6-12)10-16-13(17)7-8-14(16)18/h1,3-6H,7-10H2. The number of carbonyl (C=O) groups excluding carboxylic acids is 3. The lowest BCUT2D eigenvalue weighted by molar-refractivity contribution is -0.139. The highest BCUT2D eigenvalue weighted by atomic mass is 16.5. The fourth-order valence-corrected chi connectivity index (χ4v) is 1.92. The molecule has 1 fully saturated rings. The summed E-state index contributed by atoms with van der Waals surface area (Å²) in [6.45, 7) is 0.161. The first-order valence-electron chi connectivity index (χ1n) is 6.14. The molecule has 1 saturated heterocycles. The molecule has 20 heavy (non-hydrogen) atoms. The monoisotopic (exact) mass is 271 g/mol. The Hall–Kier alpha value is -2.61.